The highest BCUT2D eigenvalue weighted by molar-refractivity contribution is 8.24. The second kappa shape index (κ2) is 7.84. The molecule has 2 atom stereocenters. The predicted octanol–water partition coefficient (Wildman–Crippen LogP) is 6.36. The fourth-order valence-electron chi connectivity index (χ4n) is 4.66. The Balaban J connectivity index is 1.59. The molecule has 5 nitrogen and oxygen atoms in total. The smallest absolute Gasteiger partial charge is 0.250 e. The van der Waals surface area contributed by atoms with Crippen molar-refractivity contribution in [3.63, 3.8) is 0 Å². The van der Waals surface area contributed by atoms with Gasteiger partial charge in [0.2, 0.25) is 0 Å². The Kier molecular flexibility index (Phi) is 5.14. The molecule has 0 unspecified atom stereocenters. The van der Waals surface area contributed by atoms with Gasteiger partial charge in [-0.2, -0.15) is 10.6 Å². The minimum absolute atomic E-state index is 0.151. The van der Waals surface area contributed by atoms with Gasteiger partial charge < -0.3 is 10.7 Å². The number of carbonyl (C=O) groups is 1. The van der Waals surface area contributed by atoms with Gasteiger partial charge in [0.15, 0.2) is 0 Å². The zero-order valence-electron chi connectivity index (χ0n) is 16.8. The first kappa shape index (κ1) is 20.3. The van der Waals surface area contributed by atoms with Gasteiger partial charge in [0.25, 0.3) is 5.91 Å². The number of carbonyl (C=O) groups excluding carboxylic acids is 1. The van der Waals surface area contributed by atoms with Crippen LogP contribution in [0.2, 0.25) is 0 Å². The lowest BCUT2D eigenvalue weighted by molar-refractivity contribution is 0.100. The number of H-pyrrole nitrogens is 1. The minimum atomic E-state index is -2.70. The monoisotopic (exact) mass is 452 g/mol. The van der Waals surface area contributed by atoms with Crippen LogP contribution >= 0.6 is 21.9 Å². The second-order valence-electron chi connectivity index (χ2n) is 8.07. The molecule has 5 rings (SSSR count). The molecule has 4 aromatic rings. The van der Waals surface area contributed by atoms with E-state index >= 15 is 0 Å². The van der Waals surface area contributed by atoms with Crippen molar-refractivity contribution in [2.24, 2.45) is 5.73 Å². The van der Waals surface area contributed by atoms with Crippen LogP contribution < -0.4 is 5.73 Å². The fourth-order valence-corrected chi connectivity index (χ4v) is 7.43. The third-order valence-electron chi connectivity index (χ3n) is 6.22. The van der Waals surface area contributed by atoms with Gasteiger partial charge in [-0.25, -0.2) is 0 Å². The summed E-state index contributed by atoms with van der Waals surface area (Å²) in [6, 6.07) is 17.7. The van der Waals surface area contributed by atoms with Crippen LogP contribution in [-0.4, -0.2) is 25.7 Å². The Morgan fingerprint density at radius 3 is 2.65 bits per heavy atom. The average Bonchev–Trinajstić information content (AvgIpc) is 3.44. The number of hydrogen-bond donors (Lipinski definition) is 4. The number of hydrogen-bond acceptors (Lipinski definition) is 4. The average molecular weight is 453 g/mol. The number of nitrogens with one attached hydrogen (secondary N) is 1. The van der Waals surface area contributed by atoms with E-state index in [1.54, 1.807) is 11.3 Å². The zero-order valence-corrected chi connectivity index (χ0v) is 18.5. The van der Waals surface area contributed by atoms with E-state index in [1.807, 2.05) is 60.1 Å². The number of amides is 1. The number of benzene rings is 2. The summed E-state index contributed by atoms with van der Waals surface area (Å²) in [6.45, 7) is 0. The van der Waals surface area contributed by atoms with Gasteiger partial charge in [0.1, 0.15) is 0 Å². The number of nitrogens with two attached hydrogens (primary N) is 1. The molecule has 7 heteroatoms. The molecule has 1 aliphatic heterocycles. The third kappa shape index (κ3) is 3.68. The number of aromatic amines is 1. The summed E-state index contributed by atoms with van der Waals surface area (Å²) < 4.78 is 21.5. The summed E-state index contributed by atoms with van der Waals surface area (Å²) in [7, 11) is -2.70. The molecule has 2 aromatic heterocycles. The summed E-state index contributed by atoms with van der Waals surface area (Å²) in [4.78, 5) is 16.5. The van der Waals surface area contributed by atoms with Gasteiger partial charge in [0.05, 0.1) is 16.3 Å². The van der Waals surface area contributed by atoms with Crippen LogP contribution in [0, 0.1) is 0 Å². The van der Waals surface area contributed by atoms with Gasteiger partial charge in [-0.1, -0.05) is 36.4 Å². The lowest BCUT2D eigenvalue weighted by atomic mass is 9.88. The minimum Gasteiger partial charge on any atom is -0.366 e. The topological polar surface area (TPSA) is 99.3 Å². The molecule has 0 aliphatic carbocycles. The first-order valence-electron chi connectivity index (χ1n) is 10.2. The number of fused-ring (bicyclic) bond motifs is 1. The fraction of sp³-hybridized carbons (Fsp3) is 0.208. The maximum atomic E-state index is 12.2. The molecule has 0 saturated carbocycles. The van der Waals surface area contributed by atoms with Crippen molar-refractivity contribution in [2.75, 3.05) is 5.75 Å². The Bertz CT molecular complexity index is 1230. The van der Waals surface area contributed by atoms with Gasteiger partial charge in [-0.15, -0.1) is 11.3 Å². The second-order valence-corrected chi connectivity index (χ2v) is 11.4. The summed E-state index contributed by atoms with van der Waals surface area (Å²) in [5, 5.41) is 2.70. The first-order chi connectivity index (χ1) is 14.9. The summed E-state index contributed by atoms with van der Waals surface area (Å²) >= 11 is 1.62. The predicted molar refractivity (Wildman–Crippen MR) is 129 cm³/mol. The maximum Gasteiger partial charge on any atom is 0.250 e. The van der Waals surface area contributed by atoms with Crippen LogP contribution in [0.15, 0.2) is 66.2 Å². The molecule has 0 bridgehead atoms. The van der Waals surface area contributed by atoms with Crippen LogP contribution in [0.5, 0.6) is 0 Å². The van der Waals surface area contributed by atoms with Crippen LogP contribution in [0.1, 0.15) is 45.5 Å². The normalized spacial score (nSPS) is 21.7. The van der Waals surface area contributed by atoms with E-state index in [9.17, 15) is 13.9 Å². The maximum absolute atomic E-state index is 12.2. The molecular weight excluding hydrogens is 428 g/mol. The standard InChI is InChI=1S/C24H24N2O3S2/c25-24(27)19-12-17(21-7-4-9-30-21)11-18-20(14-26-23(18)19)16-8-10-31(28,29)22(13-16)15-5-2-1-3-6-15/h1-7,9,11-12,14,16,22,26,28-29H,8,10,13H2,(H2,25,27)/t16-,22+/m0/s1. The zero-order chi connectivity index (χ0) is 21.6. The van der Waals surface area contributed by atoms with E-state index in [4.69, 9.17) is 5.73 Å². The molecular formula is C24H24N2O3S2. The molecule has 1 saturated heterocycles. The lowest BCUT2D eigenvalue weighted by Crippen LogP contribution is -2.23. The molecule has 5 N–H and O–H groups in total. The van der Waals surface area contributed by atoms with E-state index in [0.717, 1.165) is 32.5 Å². The van der Waals surface area contributed by atoms with Crippen molar-refractivity contribution < 1.29 is 13.9 Å². The Labute approximate surface area is 186 Å². The summed E-state index contributed by atoms with van der Waals surface area (Å²) in [6.07, 6.45) is 3.29. The number of primary amides is 1. The van der Waals surface area contributed by atoms with Crippen LogP contribution in [-0.2, 0) is 0 Å². The first-order valence-corrected chi connectivity index (χ1v) is 12.9. The van der Waals surface area contributed by atoms with Crippen molar-refractivity contribution in [1.29, 1.82) is 0 Å². The van der Waals surface area contributed by atoms with Crippen LogP contribution in [0.25, 0.3) is 21.3 Å². The highest BCUT2D eigenvalue weighted by Gasteiger charge is 2.36. The largest absolute Gasteiger partial charge is 0.366 e. The van der Waals surface area contributed by atoms with E-state index in [2.05, 4.69) is 11.1 Å². The highest BCUT2D eigenvalue weighted by Crippen LogP contribution is 2.62. The number of rotatable bonds is 4. The molecule has 1 fully saturated rings. The number of thiophene rings is 1. The van der Waals surface area contributed by atoms with E-state index in [1.165, 1.54) is 0 Å². The third-order valence-corrected chi connectivity index (χ3v) is 9.36. The van der Waals surface area contributed by atoms with Crippen molar-refractivity contribution in [2.45, 2.75) is 24.0 Å². The van der Waals surface area contributed by atoms with Crippen LogP contribution in [0.3, 0.4) is 0 Å². The molecule has 31 heavy (non-hydrogen) atoms. The molecule has 1 aliphatic rings. The van der Waals surface area contributed by atoms with Gasteiger partial charge in [0, 0.05) is 22.2 Å². The quantitative estimate of drug-likeness (QED) is 0.290. The molecule has 3 heterocycles. The Morgan fingerprint density at radius 1 is 1.13 bits per heavy atom. The van der Waals surface area contributed by atoms with Crippen molar-refractivity contribution in [3.8, 4) is 10.4 Å². The SMILES string of the molecule is NC(=O)c1cc(-c2cccs2)cc2c([C@H]3CCS(O)(O)[C@@H](c4ccccc4)C3)c[nH]c12. The Hall–Kier alpha value is -2.58. The molecule has 0 spiro atoms. The van der Waals surface area contributed by atoms with Gasteiger partial charge >= 0.3 is 0 Å². The highest BCUT2D eigenvalue weighted by atomic mass is 32.3. The van der Waals surface area contributed by atoms with Crippen molar-refractivity contribution in [1.82, 2.24) is 4.98 Å². The summed E-state index contributed by atoms with van der Waals surface area (Å²) in [5.74, 6) is 0.0620. The van der Waals surface area contributed by atoms with Crippen molar-refractivity contribution >= 4 is 38.7 Å². The van der Waals surface area contributed by atoms with Gasteiger partial charge in [-0.05, 0) is 59.0 Å². The van der Waals surface area contributed by atoms with Crippen molar-refractivity contribution in [3.05, 3.63) is 82.9 Å². The lowest BCUT2D eigenvalue weighted by Gasteiger charge is -2.46. The molecule has 0 radical (unpaired) electrons. The van der Waals surface area contributed by atoms with Gasteiger partial charge in [-0.3, -0.25) is 13.9 Å². The van der Waals surface area contributed by atoms with Crippen LogP contribution in [0.4, 0.5) is 0 Å². The van der Waals surface area contributed by atoms with E-state index in [-0.39, 0.29) is 11.2 Å². The molecule has 160 valence electrons. The molecule has 2 aromatic carbocycles. The van der Waals surface area contributed by atoms with E-state index in [0.29, 0.717) is 24.2 Å². The molecule has 1 amide bonds. The Morgan fingerprint density at radius 2 is 1.94 bits per heavy atom. The van der Waals surface area contributed by atoms with E-state index < -0.39 is 16.5 Å². The summed E-state index contributed by atoms with van der Waals surface area (Å²) in [5.41, 5.74) is 9.97. The number of aromatic nitrogens is 1.